The van der Waals surface area contributed by atoms with Gasteiger partial charge in [-0.25, -0.2) is 8.42 Å². The summed E-state index contributed by atoms with van der Waals surface area (Å²) in [6.07, 6.45) is 1.48. The van der Waals surface area contributed by atoms with Gasteiger partial charge in [-0.2, -0.15) is 0 Å². The largest absolute Gasteiger partial charge is 0.271 e. The molecule has 4 nitrogen and oxygen atoms in total. The van der Waals surface area contributed by atoms with Crippen molar-refractivity contribution >= 4 is 9.84 Å². The average Bonchev–Trinajstić information content (AvgIpc) is 2.04. The number of nitrogens with two attached hydrogens (primary N) is 1. The van der Waals surface area contributed by atoms with Crippen LogP contribution < -0.4 is 11.3 Å². The van der Waals surface area contributed by atoms with Crippen LogP contribution in [0.3, 0.4) is 0 Å². The average molecular weight is 194 g/mol. The molecular weight excluding hydrogens is 176 g/mol. The minimum atomic E-state index is -2.79. The summed E-state index contributed by atoms with van der Waals surface area (Å²) in [5.74, 6) is 5.66. The van der Waals surface area contributed by atoms with Crippen LogP contribution in [0.4, 0.5) is 0 Å². The highest BCUT2D eigenvalue weighted by atomic mass is 32.2. The van der Waals surface area contributed by atoms with Gasteiger partial charge >= 0.3 is 0 Å². The van der Waals surface area contributed by atoms with Crippen molar-refractivity contribution in [2.75, 3.05) is 11.5 Å². The van der Waals surface area contributed by atoms with Crippen LogP contribution in [0.25, 0.3) is 0 Å². The summed E-state index contributed by atoms with van der Waals surface area (Å²) < 4.78 is 22.0. The molecule has 0 aliphatic rings. The summed E-state index contributed by atoms with van der Waals surface area (Å²) in [4.78, 5) is 0. The molecule has 3 N–H and O–H groups in total. The molecule has 0 spiro atoms. The lowest BCUT2D eigenvalue weighted by molar-refractivity contribution is 0.522. The van der Waals surface area contributed by atoms with Crippen molar-refractivity contribution in [1.29, 1.82) is 0 Å². The third-order valence-electron chi connectivity index (χ3n) is 1.82. The van der Waals surface area contributed by atoms with Gasteiger partial charge in [-0.1, -0.05) is 6.92 Å². The fraction of sp³-hybridized carbons (Fsp3) is 1.00. The van der Waals surface area contributed by atoms with Crippen LogP contribution in [0, 0.1) is 0 Å². The molecular formula is C7H18N2O2S. The van der Waals surface area contributed by atoms with Crippen molar-refractivity contribution in [2.45, 2.75) is 32.7 Å². The minimum absolute atomic E-state index is 0.192. The first kappa shape index (κ1) is 11.9. The van der Waals surface area contributed by atoms with Crippen LogP contribution in [0.15, 0.2) is 0 Å². The Balaban J connectivity index is 3.57. The van der Waals surface area contributed by atoms with Crippen LogP contribution >= 0.6 is 0 Å². The molecule has 12 heavy (non-hydrogen) atoms. The highest BCUT2D eigenvalue weighted by Crippen LogP contribution is 1.99. The number of sulfone groups is 1. The number of rotatable bonds is 6. The molecule has 0 heterocycles. The molecule has 0 saturated carbocycles. The third-order valence-corrected chi connectivity index (χ3v) is 3.61. The third kappa shape index (κ3) is 5.51. The Kier molecular flexibility index (Phi) is 5.44. The van der Waals surface area contributed by atoms with Crippen LogP contribution in [0.2, 0.25) is 0 Å². The van der Waals surface area contributed by atoms with E-state index in [1.54, 1.807) is 6.92 Å². The summed E-state index contributed by atoms with van der Waals surface area (Å²) in [5.41, 5.74) is 2.57. The predicted molar refractivity (Wildman–Crippen MR) is 50.3 cm³/mol. The number of hydrazine groups is 1. The van der Waals surface area contributed by atoms with E-state index in [4.69, 9.17) is 5.84 Å². The van der Waals surface area contributed by atoms with Gasteiger partial charge in [0.25, 0.3) is 0 Å². The standard InChI is InChI=1S/C7H18N2O2S/c1-3-12(10,11)6-4-5-7(2)9-8/h7,9H,3-6,8H2,1-2H3. The van der Waals surface area contributed by atoms with E-state index in [0.717, 1.165) is 6.42 Å². The van der Waals surface area contributed by atoms with Crippen molar-refractivity contribution in [3.05, 3.63) is 0 Å². The predicted octanol–water partition coefficient (Wildman–Crippen LogP) is 0.0531. The second kappa shape index (κ2) is 5.50. The van der Waals surface area contributed by atoms with Gasteiger partial charge in [-0.3, -0.25) is 11.3 Å². The maximum absolute atomic E-state index is 11.0. The van der Waals surface area contributed by atoms with E-state index in [1.807, 2.05) is 6.92 Å². The fourth-order valence-electron chi connectivity index (χ4n) is 0.837. The Morgan fingerprint density at radius 3 is 2.50 bits per heavy atom. The van der Waals surface area contributed by atoms with E-state index in [9.17, 15) is 8.42 Å². The first-order chi connectivity index (χ1) is 5.52. The molecule has 0 aromatic heterocycles. The van der Waals surface area contributed by atoms with Gasteiger partial charge < -0.3 is 0 Å². The maximum Gasteiger partial charge on any atom is 0.150 e. The van der Waals surface area contributed by atoms with E-state index in [-0.39, 0.29) is 17.5 Å². The van der Waals surface area contributed by atoms with E-state index in [1.165, 1.54) is 0 Å². The van der Waals surface area contributed by atoms with Gasteiger partial charge in [0.15, 0.2) is 0 Å². The zero-order valence-electron chi connectivity index (χ0n) is 7.71. The van der Waals surface area contributed by atoms with Gasteiger partial charge in [0, 0.05) is 11.8 Å². The van der Waals surface area contributed by atoms with E-state index in [0.29, 0.717) is 6.42 Å². The highest BCUT2D eigenvalue weighted by Gasteiger charge is 2.07. The van der Waals surface area contributed by atoms with Gasteiger partial charge in [0.2, 0.25) is 0 Å². The lowest BCUT2D eigenvalue weighted by Gasteiger charge is -2.08. The molecule has 0 aromatic carbocycles. The molecule has 1 unspecified atom stereocenters. The molecule has 0 bridgehead atoms. The van der Waals surface area contributed by atoms with Crippen molar-refractivity contribution in [2.24, 2.45) is 5.84 Å². The Morgan fingerprint density at radius 2 is 2.08 bits per heavy atom. The second-order valence-corrected chi connectivity index (χ2v) is 5.42. The molecule has 0 aliphatic heterocycles. The quantitative estimate of drug-likeness (QED) is 0.463. The summed E-state index contributed by atoms with van der Waals surface area (Å²) >= 11 is 0. The number of nitrogens with one attached hydrogen (secondary N) is 1. The van der Waals surface area contributed by atoms with Gasteiger partial charge in [-0.15, -0.1) is 0 Å². The van der Waals surface area contributed by atoms with Crippen molar-refractivity contribution in [1.82, 2.24) is 5.43 Å². The van der Waals surface area contributed by atoms with E-state index in [2.05, 4.69) is 5.43 Å². The zero-order chi connectivity index (χ0) is 9.61. The van der Waals surface area contributed by atoms with Crippen LogP contribution in [-0.4, -0.2) is 26.0 Å². The highest BCUT2D eigenvalue weighted by molar-refractivity contribution is 7.91. The van der Waals surface area contributed by atoms with Crippen LogP contribution in [0.1, 0.15) is 26.7 Å². The SMILES string of the molecule is CCS(=O)(=O)CCCC(C)NN. The maximum atomic E-state index is 11.0. The number of hydrogen-bond donors (Lipinski definition) is 2. The van der Waals surface area contributed by atoms with Gasteiger partial charge in [-0.05, 0) is 19.8 Å². The molecule has 5 heteroatoms. The summed E-state index contributed by atoms with van der Waals surface area (Å²) in [5, 5.41) is 0. The topological polar surface area (TPSA) is 72.2 Å². The first-order valence-corrected chi connectivity index (χ1v) is 6.00. The minimum Gasteiger partial charge on any atom is -0.271 e. The van der Waals surface area contributed by atoms with Crippen molar-refractivity contribution < 1.29 is 8.42 Å². The number of hydrogen-bond acceptors (Lipinski definition) is 4. The van der Waals surface area contributed by atoms with E-state index >= 15 is 0 Å². The van der Waals surface area contributed by atoms with Crippen molar-refractivity contribution in [3.63, 3.8) is 0 Å². The molecule has 0 fully saturated rings. The summed E-state index contributed by atoms with van der Waals surface area (Å²) in [7, 11) is -2.79. The van der Waals surface area contributed by atoms with Crippen LogP contribution in [-0.2, 0) is 9.84 Å². The van der Waals surface area contributed by atoms with Gasteiger partial charge in [0.1, 0.15) is 9.84 Å². The smallest absolute Gasteiger partial charge is 0.150 e. The molecule has 74 valence electrons. The molecule has 0 radical (unpaired) electrons. The van der Waals surface area contributed by atoms with Gasteiger partial charge in [0.05, 0.1) is 5.75 Å². The molecule has 0 saturated heterocycles. The Labute approximate surface area is 74.4 Å². The molecule has 0 rings (SSSR count). The lowest BCUT2D eigenvalue weighted by Crippen LogP contribution is -2.32. The van der Waals surface area contributed by atoms with Crippen LogP contribution in [0.5, 0.6) is 0 Å². The lowest BCUT2D eigenvalue weighted by atomic mass is 10.2. The summed E-state index contributed by atoms with van der Waals surface area (Å²) in [6, 6.07) is 0.192. The fourth-order valence-corrected chi connectivity index (χ4v) is 1.73. The zero-order valence-corrected chi connectivity index (χ0v) is 8.52. The Hall–Kier alpha value is -0.130. The van der Waals surface area contributed by atoms with E-state index < -0.39 is 9.84 Å². The second-order valence-electron chi connectivity index (χ2n) is 2.95. The summed E-state index contributed by atoms with van der Waals surface area (Å²) in [6.45, 7) is 3.60. The molecule has 1 atom stereocenters. The van der Waals surface area contributed by atoms with Crippen molar-refractivity contribution in [3.8, 4) is 0 Å². The Bertz CT molecular complexity index is 201. The molecule has 0 amide bonds. The Morgan fingerprint density at radius 1 is 1.50 bits per heavy atom. The monoisotopic (exact) mass is 194 g/mol. The molecule has 0 aliphatic carbocycles. The normalized spacial score (nSPS) is 14.6. The molecule has 0 aromatic rings. The first-order valence-electron chi connectivity index (χ1n) is 4.18.